The number of amides is 1. The highest BCUT2D eigenvalue weighted by Crippen LogP contribution is 2.32. The second-order valence-electron chi connectivity index (χ2n) is 6.11. The first-order chi connectivity index (χ1) is 12.0. The second kappa shape index (κ2) is 7.61. The SMILES string of the molecule is COc1ccc(C2CCCN2CC(=O)Nc2cc(F)cc(F)c2)cc1. The lowest BCUT2D eigenvalue weighted by molar-refractivity contribution is -0.117. The average molecular weight is 346 g/mol. The Morgan fingerprint density at radius 3 is 2.52 bits per heavy atom. The number of likely N-dealkylation sites (tertiary alicyclic amines) is 1. The summed E-state index contributed by atoms with van der Waals surface area (Å²) < 4.78 is 31.6. The van der Waals surface area contributed by atoms with Crippen LogP contribution in [0.3, 0.4) is 0 Å². The zero-order valence-corrected chi connectivity index (χ0v) is 14.0. The molecule has 1 N–H and O–H groups in total. The Labute approximate surface area is 145 Å². The van der Waals surface area contributed by atoms with Gasteiger partial charge in [-0.1, -0.05) is 12.1 Å². The third-order valence-corrected chi connectivity index (χ3v) is 4.36. The number of ether oxygens (including phenoxy) is 1. The fourth-order valence-electron chi connectivity index (χ4n) is 3.23. The first-order valence-corrected chi connectivity index (χ1v) is 8.19. The molecule has 1 fully saturated rings. The van der Waals surface area contributed by atoms with Gasteiger partial charge in [0, 0.05) is 17.8 Å². The molecule has 1 amide bonds. The Bertz CT molecular complexity index is 729. The molecule has 0 aliphatic carbocycles. The maximum atomic E-state index is 13.2. The fourth-order valence-corrected chi connectivity index (χ4v) is 3.23. The van der Waals surface area contributed by atoms with Crippen LogP contribution in [0.25, 0.3) is 0 Å². The minimum absolute atomic E-state index is 0.127. The van der Waals surface area contributed by atoms with Crippen LogP contribution >= 0.6 is 0 Å². The number of methoxy groups -OCH3 is 1. The number of nitrogens with zero attached hydrogens (tertiary/aromatic N) is 1. The van der Waals surface area contributed by atoms with Gasteiger partial charge >= 0.3 is 0 Å². The Hall–Kier alpha value is -2.47. The number of nitrogens with one attached hydrogen (secondary N) is 1. The van der Waals surface area contributed by atoms with Gasteiger partial charge in [0.1, 0.15) is 17.4 Å². The summed E-state index contributed by atoms with van der Waals surface area (Å²) in [7, 11) is 1.62. The summed E-state index contributed by atoms with van der Waals surface area (Å²) in [6, 6.07) is 10.9. The molecule has 6 heteroatoms. The lowest BCUT2D eigenvalue weighted by Gasteiger charge is -2.24. The molecule has 0 spiro atoms. The first kappa shape index (κ1) is 17.4. The van der Waals surface area contributed by atoms with E-state index in [4.69, 9.17) is 4.74 Å². The van der Waals surface area contributed by atoms with Gasteiger partial charge in [-0.25, -0.2) is 8.78 Å². The van der Waals surface area contributed by atoms with Crippen molar-refractivity contribution >= 4 is 11.6 Å². The summed E-state index contributed by atoms with van der Waals surface area (Å²) in [5.74, 6) is -0.926. The van der Waals surface area contributed by atoms with Crippen molar-refractivity contribution in [2.75, 3.05) is 25.5 Å². The summed E-state index contributed by atoms with van der Waals surface area (Å²) in [6.07, 6.45) is 1.97. The van der Waals surface area contributed by atoms with Gasteiger partial charge in [-0.15, -0.1) is 0 Å². The van der Waals surface area contributed by atoms with Gasteiger partial charge in [0.15, 0.2) is 0 Å². The van der Waals surface area contributed by atoms with E-state index in [1.165, 1.54) is 0 Å². The molecule has 0 bridgehead atoms. The van der Waals surface area contributed by atoms with Crippen LogP contribution in [0, 0.1) is 11.6 Å². The van der Waals surface area contributed by atoms with E-state index in [9.17, 15) is 13.6 Å². The molecule has 3 rings (SSSR count). The highest BCUT2D eigenvalue weighted by Gasteiger charge is 2.27. The summed E-state index contributed by atoms with van der Waals surface area (Å²) in [6.45, 7) is 0.983. The molecule has 132 valence electrons. The molecule has 1 aliphatic rings. The number of anilines is 1. The van der Waals surface area contributed by atoms with Gasteiger partial charge in [0.2, 0.25) is 5.91 Å². The van der Waals surface area contributed by atoms with Crippen LogP contribution in [0.5, 0.6) is 5.75 Å². The van der Waals surface area contributed by atoms with Crippen LogP contribution in [0.15, 0.2) is 42.5 Å². The molecule has 1 aliphatic heterocycles. The molecule has 1 unspecified atom stereocenters. The fraction of sp³-hybridized carbons (Fsp3) is 0.316. The standard InChI is InChI=1S/C19H20F2N2O2/c1-25-17-6-4-13(5-7-17)18-3-2-8-23(18)12-19(24)22-16-10-14(20)9-15(21)11-16/h4-7,9-11,18H,2-3,8,12H2,1H3,(H,22,24). The highest BCUT2D eigenvalue weighted by atomic mass is 19.1. The second-order valence-corrected chi connectivity index (χ2v) is 6.11. The number of carbonyl (C=O) groups is 1. The van der Waals surface area contributed by atoms with Gasteiger partial charge in [-0.05, 0) is 49.2 Å². The van der Waals surface area contributed by atoms with E-state index >= 15 is 0 Å². The van der Waals surface area contributed by atoms with Crippen LogP contribution < -0.4 is 10.1 Å². The quantitative estimate of drug-likeness (QED) is 0.896. The van der Waals surface area contributed by atoms with Crippen LogP contribution in [-0.2, 0) is 4.79 Å². The topological polar surface area (TPSA) is 41.6 Å². The van der Waals surface area contributed by atoms with Crippen molar-refractivity contribution in [2.45, 2.75) is 18.9 Å². The normalized spacial score (nSPS) is 17.5. The van der Waals surface area contributed by atoms with Crippen molar-refractivity contribution in [3.63, 3.8) is 0 Å². The summed E-state index contributed by atoms with van der Waals surface area (Å²) >= 11 is 0. The van der Waals surface area contributed by atoms with E-state index in [1.54, 1.807) is 7.11 Å². The maximum absolute atomic E-state index is 13.2. The summed E-state index contributed by atoms with van der Waals surface area (Å²) in [4.78, 5) is 14.3. The molecule has 4 nitrogen and oxygen atoms in total. The zero-order chi connectivity index (χ0) is 17.8. The molecule has 2 aromatic carbocycles. The first-order valence-electron chi connectivity index (χ1n) is 8.19. The zero-order valence-electron chi connectivity index (χ0n) is 14.0. The molecule has 0 aromatic heterocycles. The number of benzene rings is 2. The Morgan fingerprint density at radius 2 is 1.88 bits per heavy atom. The number of halogens is 2. The van der Waals surface area contributed by atoms with Crippen molar-refractivity contribution in [3.05, 3.63) is 59.7 Å². The third-order valence-electron chi connectivity index (χ3n) is 4.36. The van der Waals surface area contributed by atoms with Crippen LogP contribution in [0.2, 0.25) is 0 Å². The summed E-state index contributed by atoms with van der Waals surface area (Å²) in [5, 5.41) is 2.56. The van der Waals surface area contributed by atoms with Crippen molar-refractivity contribution in [2.24, 2.45) is 0 Å². The van der Waals surface area contributed by atoms with Gasteiger partial charge in [-0.2, -0.15) is 0 Å². The van der Waals surface area contributed by atoms with Gasteiger partial charge in [-0.3, -0.25) is 9.69 Å². The van der Waals surface area contributed by atoms with Gasteiger partial charge in [0.05, 0.1) is 13.7 Å². The van der Waals surface area contributed by atoms with Crippen LogP contribution in [0.4, 0.5) is 14.5 Å². The minimum Gasteiger partial charge on any atom is -0.497 e. The van der Waals surface area contributed by atoms with Crippen molar-refractivity contribution in [3.8, 4) is 5.75 Å². The number of hydrogen-bond donors (Lipinski definition) is 1. The largest absolute Gasteiger partial charge is 0.497 e. The van der Waals surface area contributed by atoms with E-state index in [0.29, 0.717) is 0 Å². The Balaban J connectivity index is 1.65. The van der Waals surface area contributed by atoms with Crippen LogP contribution in [0.1, 0.15) is 24.4 Å². The average Bonchev–Trinajstić information content (AvgIpc) is 3.01. The molecule has 2 aromatic rings. The van der Waals surface area contributed by atoms with E-state index < -0.39 is 11.6 Å². The molecule has 1 saturated heterocycles. The monoisotopic (exact) mass is 346 g/mol. The van der Waals surface area contributed by atoms with Gasteiger partial charge in [0.25, 0.3) is 0 Å². The Morgan fingerprint density at radius 1 is 1.20 bits per heavy atom. The summed E-state index contributed by atoms with van der Waals surface area (Å²) in [5.41, 5.74) is 1.26. The molecule has 1 heterocycles. The minimum atomic E-state index is -0.715. The van der Waals surface area contributed by atoms with Crippen molar-refractivity contribution < 1.29 is 18.3 Å². The van der Waals surface area contributed by atoms with Crippen LogP contribution in [-0.4, -0.2) is 31.0 Å². The van der Waals surface area contributed by atoms with E-state index in [1.807, 2.05) is 24.3 Å². The predicted molar refractivity (Wildman–Crippen MR) is 91.5 cm³/mol. The third kappa shape index (κ3) is 4.33. The predicted octanol–water partition coefficient (Wildman–Crippen LogP) is 3.75. The molecule has 25 heavy (non-hydrogen) atoms. The molecule has 0 saturated carbocycles. The van der Waals surface area contributed by atoms with Crippen molar-refractivity contribution in [1.29, 1.82) is 0 Å². The molecular weight excluding hydrogens is 326 g/mol. The molecular formula is C19H20F2N2O2. The molecule has 0 radical (unpaired) electrons. The van der Waals surface area contributed by atoms with E-state index in [2.05, 4.69) is 10.2 Å². The van der Waals surface area contributed by atoms with E-state index in [0.717, 1.165) is 48.9 Å². The van der Waals surface area contributed by atoms with Crippen molar-refractivity contribution in [1.82, 2.24) is 4.90 Å². The van der Waals surface area contributed by atoms with Gasteiger partial charge < -0.3 is 10.1 Å². The number of carbonyl (C=O) groups excluding carboxylic acids is 1. The maximum Gasteiger partial charge on any atom is 0.238 e. The Kier molecular flexibility index (Phi) is 5.28. The highest BCUT2D eigenvalue weighted by molar-refractivity contribution is 5.92. The lowest BCUT2D eigenvalue weighted by atomic mass is 10.0. The lowest BCUT2D eigenvalue weighted by Crippen LogP contribution is -2.33. The van der Waals surface area contributed by atoms with E-state index in [-0.39, 0.29) is 24.2 Å². The number of rotatable bonds is 5. The number of hydrogen-bond acceptors (Lipinski definition) is 3. The smallest absolute Gasteiger partial charge is 0.238 e. The molecule has 1 atom stereocenters.